The summed E-state index contributed by atoms with van der Waals surface area (Å²) in [6.45, 7) is 0. The van der Waals surface area contributed by atoms with E-state index in [0.717, 1.165) is 10.9 Å². The quantitative estimate of drug-likeness (QED) is 0.679. The van der Waals surface area contributed by atoms with Crippen LogP contribution in [0.25, 0.3) is 22.2 Å². The van der Waals surface area contributed by atoms with Crippen molar-refractivity contribution in [3.63, 3.8) is 0 Å². The molecular weight excluding hydrogens is 299 g/mol. The Hall–Kier alpha value is -2.28. The van der Waals surface area contributed by atoms with E-state index >= 15 is 0 Å². The zero-order valence-electron chi connectivity index (χ0n) is 10.5. The molecule has 0 bridgehead atoms. The third-order valence-corrected chi connectivity index (χ3v) is 3.12. The van der Waals surface area contributed by atoms with Crippen LogP contribution in [-0.2, 0) is 6.18 Å². The Balaban J connectivity index is 2.18. The molecule has 3 nitrogen and oxygen atoms in total. The summed E-state index contributed by atoms with van der Waals surface area (Å²) in [4.78, 5) is 9.79. The predicted octanol–water partition coefficient (Wildman–Crippen LogP) is 4.37. The number of rotatable bonds is 1. The van der Waals surface area contributed by atoms with E-state index in [9.17, 15) is 13.2 Å². The first-order valence-electron chi connectivity index (χ1n) is 5.97. The molecule has 0 radical (unpaired) electrons. The van der Waals surface area contributed by atoms with Crippen molar-refractivity contribution in [1.29, 1.82) is 0 Å². The van der Waals surface area contributed by atoms with Gasteiger partial charge in [0, 0.05) is 17.1 Å². The van der Waals surface area contributed by atoms with Gasteiger partial charge >= 0.3 is 6.18 Å². The number of alkyl halides is 3. The first-order valence-corrected chi connectivity index (χ1v) is 6.38. The molecular formula is C14H8F3N3S. The third kappa shape index (κ3) is 2.78. The van der Waals surface area contributed by atoms with Crippen LogP contribution < -0.4 is 0 Å². The van der Waals surface area contributed by atoms with E-state index < -0.39 is 12.0 Å². The third-order valence-electron chi connectivity index (χ3n) is 2.91. The number of hydrogen-bond donors (Lipinski definition) is 1. The minimum absolute atomic E-state index is 0.121. The topological polar surface area (TPSA) is 41.6 Å². The fraction of sp³-hybridized carbons (Fsp3) is 0.0714. The number of fused-ring (bicyclic) bond motifs is 1. The standard InChI is InChI=1S/C14H8F3N3S/c15-14(16,17)13-19-11(6-12(21)20-13)9-5-8-3-1-2-4-10(8)18-7-9/h1-7H,(H,19,20,21). The average Bonchev–Trinajstić information content (AvgIpc) is 2.45. The fourth-order valence-electron chi connectivity index (χ4n) is 1.97. The molecule has 0 saturated carbocycles. The van der Waals surface area contributed by atoms with Crippen LogP contribution in [0.2, 0.25) is 0 Å². The lowest BCUT2D eigenvalue weighted by molar-refractivity contribution is -0.144. The highest BCUT2D eigenvalue weighted by Crippen LogP contribution is 2.28. The molecule has 0 fully saturated rings. The molecule has 0 aliphatic heterocycles. The van der Waals surface area contributed by atoms with E-state index in [4.69, 9.17) is 12.2 Å². The largest absolute Gasteiger partial charge is 0.449 e. The molecule has 3 rings (SSSR count). The number of benzene rings is 1. The first kappa shape index (κ1) is 13.7. The lowest BCUT2D eigenvalue weighted by Gasteiger charge is -2.09. The monoisotopic (exact) mass is 307 g/mol. The Labute approximate surface area is 122 Å². The maximum Gasteiger partial charge on any atom is 0.449 e. The first-order chi connectivity index (χ1) is 9.93. The van der Waals surface area contributed by atoms with Gasteiger partial charge in [-0.1, -0.05) is 30.4 Å². The second-order valence-electron chi connectivity index (χ2n) is 4.40. The van der Waals surface area contributed by atoms with Gasteiger partial charge in [-0.25, -0.2) is 4.98 Å². The van der Waals surface area contributed by atoms with E-state index in [-0.39, 0.29) is 10.3 Å². The smallest absolute Gasteiger partial charge is 0.335 e. The van der Waals surface area contributed by atoms with Crippen molar-refractivity contribution in [2.24, 2.45) is 0 Å². The summed E-state index contributed by atoms with van der Waals surface area (Å²) >= 11 is 4.80. The Kier molecular flexibility index (Phi) is 3.21. The maximum atomic E-state index is 12.8. The number of H-pyrrole nitrogens is 1. The number of aromatic amines is 1. The number of para-hydroxylation sites is 1. The van der Waals surface area contributed by atoms with Gasteiger partial charge in [-0.3, -0.25) is 4.98 Å². The number of nitrogens with one attached hydrogen (secondary N) is 1. The molecule has 21 heavy (non-hydrogen) atoms. The van der Waals surface area contributed by atoms with Crippen molar-refractivity contribution in [1.82, 2.24) is 15.0 Å². The summed E-state index contributed by atoms with van der Waals surface area (Å²) in [5.41, 5.74) is 1.53. The summed E-state index contributed by atoms with van der Waals surface area (Å²) in [7, 11) is 0. The lowest BCUT2D eigenvalue weighted by atomic mass is 10.1. The van der Waals surface area contributed by atoms with Crippen molar-refractivity contribution in [2.45, 2.75) is 6.18 Å². The van der Waals surface area contributed by atoms with Crippen molar-refractivity contribution in [2.75, 3.05) is 0 Å². The second-order valence-corrected chi connectivity index (χ2v) is 4.81. The summed E-state index contributed by atoms with van der Waals surface area (Å²) in [5.74, 6) is -1.11. The zero-order valence-corrected chi connectivity index (χ0v) is 11.3. The van der Waals surface area contributed by atoms with Crippen molar-refractivity contribution >= 4 is 23.1 Å². The maximum absolute atomic E-state index is 12.8. The molecule has 1 aromatic carbocycles. The molecule has 2 heterocycles. The number of halogens is 3. The van der Waals surface area contributed by atoms with Crippen molar-refractivity contribution in [3.05, 3.63) is 53.1 Å². The van der Waals surface area contributed by atoms with Gasteiger partial charge in [-0.15, -0.1) is 0 Å². The fourth-order valence-corrected chi connectivity index (χ4v) is 2.17. The van der Waals surface area contributed by atoms with Gasteiger partial charge in [0.05, 0.1) is 11.2 Å². The molecule has 0 aliphatic carbocycles. The molecule has 0 aliphatic rings. The van der Waals surface area contributed by atoms with Crippen molar-refractivity contribution in [3.8, 4) is 11.3 Å². The zero-order chi connectivity index (χ0) is 15.0. The average molecular weight is 307 g/mol. The molecule has 0 amide bonds. The highest BCUT2D eigenvalue weighted by Gasteiger charge is 2.34. The van der Waals surface area contributed by atoms with Gasteiger partial charge in [0.1, 0.15) is 4.64 Å². The number of pyridine rings is 1. The molecule has 0 atom stereocenters. The van der Waals surface area contributed by atoms with Crippen LogP contribution in [0.3, 0.4) is 0 Å². The molecule has 1 N–H and O–H groups in total. The van der Waals surface area contributed by atoms with Crippen LogP contribution in [0.4, 0.5) is 13.2 Å². The molecule has 7 heteroatoms. The summed E-state index contributed by atoms with van der Waals surface area (Å²) < 4.78 is 38.2. The van der Waals surface area contributed by atoms with E-state index in [2.05, 4.69) is 15.0 Å². The number of hydrogen-bond acceptors (Lipinski definition) is 3. The Morgan fingerprint density at radius 1 is 1.10 bits per heavy atom. The summed E-state index contributed by atoms with van der Waals surface area (Å²) in [6, 6.07) is 10.5. The number of aromatic nitrogens is 3. The van der Waals surface area contributed by atoms with Crippen LogP contribution >= 0.6 is 12.2 Å². The van der Waals surface area contributed by atoms with Gasteiger partial charge in [0.15, 0.2) is 0 Å². The normalized spacial score (nSPS) is 11.8. The summed E-state index contributed by atoms with van der Waals surface area (Å²) in [5, 5.41) is 0.833. The SMILES string of the molecule is FC(F)(F)c1nc(=S)cc(-c2cnc3ccccc3c2)[nH]1. The predicted molar refractivity (Wildman–Crippen MR) is 75.2 cm³/mol. The number of nitrogens with zero attached hydrogens (tertiary/aromatic N) is 2. The molecule has 0 unspecified atom stereocenters. The van der Waals surface area contributed by atoms with Crippen LogP contribution in [-0.4, -0.2) is 15.0 Å². The van der Waals surface area contributed by atoms with Gasteiger partial charge in [0.2, 0.25) is 5.82 Å². The highest BCUT2D eigenvalue weighted by atomic mass is 32.1. The minimum Gasteiger partial charge on any atom is -0.335 e. The molecule has 0 saturated heterocycles. The van der Waals surface area contributed by atoms with Gasteiger partial charge in [-0.2, -0.15) is 13.2 Å². The molecule has 0 spiro atoms. The van der Waals surface area contributed by atoms with Gasteiger partial charge in [0.25, 0.3) is 0 Å². The van der Waals surface area contributed by atoms with E-state index in [1.807, 2.05) is 24.3 Å². The Morgan fingerprint density at radius 2 is 1.86 bits per heavy atom. The van der Waals surface area contributed by atoms with Crippen LogP contribution in [0.15, 0.2) is 42.6 Å². The lowest BCUT2D eigenvalue weighted by Crippen LogP contribution is -2.11. The highest BCUT2D eigenvalue weighted by molar-refractivity contribution is 7.71. The van der Waals surface area contributed by atoms with Gasteiger partial charge in [-0.05, 0) is 18.2 Å². The Morgan fingerprint density at radius 3 is 2.62 bits per heavy atom. The Bertz CT molecular complexity index is 871. The molecule has 2 aromatic heterocycles. The van der Waals surface area contributed by atoms with Crippen LogP contribution in [0, 0.1) is 4.64 Å². The van der Waals surface area contributed by atoms with Crippen molar-refractivity contribution < 1.29 is 13.2 Å². The second kappa shape index (κ2) is 4.92. The van der Waals surface area contributed by atoms with E-state index in [1.165, 1.54) is 12.3 Å². The minimum atomic E-state index is -4.58. The van der Waals surface area contributed by atoms with Gasteiger partial charge < -0.3 is 4.98 Å². The molecule has 106 valence electrons. The van der Waals surface area contributed by atoms with E-state index in [1.54, 1.807) is 6.07 Å². The summed E-state index contributed by atoms with van der Waals surface area (Å²) in [6.07, 6.45) is -3.07. The van der Waals surface area contributed by atoms with E-state index in [0.29, 0.717) is 5.56 Å². The van der Waals surface area contributed by atoms with Crippen LogP contribution in [0.1, 0.15) is 5.82 Å². The molecule has 3 aromatic rings. The van der Waals surface area contributed by atoms with Crippen LogP contribution in [0.5, 0.6) is 0 Å².